The molecule has 0 saturated heterocycles. The van der Waals surface area contributed by atoms with Crippen LogP contribution in [0, 0.1) is 0 Å². The quantitative estimate of drug-likeness (QED) is 0.461. The molecule has 1 N–H and O–H groups in total. The van der Waals surface area contributed by atoms with Gasteiger partial charge in [0.1, 0.15) is 0 Å². The van der Waals surface area contributed by atoms with Crippen LogP contribution in [0.5, 0.6) is 0 Å². The van der Waals surface area contributed by atoms with Crippen molar-refractivity contribution in [3.63, 3.8) is 0 Å². The summed E-state index contributed by atoms with van der Waals surface area (Å²) in [4.78, 5) is 2.19. The molecule has 0 aromatic heterocycles. The third-order valence-corrected chi connectivity index (χ3v) is 1.51. The van der Waals surface area contributed by atoms with Crippen LogP contribution in [-0.4, -0.2) is 66.8 Å². The van der Waals surface area contributed by atoms with Crippen molar-refractivity contribution in [2.75, 3.05) is 27.2 Å². The van der Waals surface area contributed by atoms with Crippen LogP contribution in [0.4, 0.5) is 0 Å². The third kappa shape index (κ3) is 13.9. The Labute approximate surface area is 92.3 Å². The number of nitrogens with zero attached hydrogens (tertiary/aromatic N) is 1. The molecular weight excluding hydrogens is 149 g/mol. The van der Waals surface area contributed by atoms with E-state index < -0.39 is 0 Å². The van der Waals surface area contributed by atoms with Crippen LogP contribution in [0.1, 0.15) is 25.7 Å². The van der Waals surface area contributed by atoms with Gasteiger partial charge in [-0.3, -0.25) is 0 Å². The Morgan fingerprint density at radius 3 is 2.00 bits per heavy atom. The summed E-state index contributed by atoms with van der Waals surface area (Å²) in [6.07, 6.45) is 4.64. The van der Waals surface area contributed by atoms with Crippen LogP contribution in [0.3, 0.4) is 0 Å². The molecule has 0 aliphatic rings. The predicted octanol–water partition coefficient (Wildman–Crippen LogP) is 0.452. The van der Waals surface area contributed by atoms with Gasteiger partial charge in [-0.05, 0) is 33.5 Å². The molecule has 0 spiro atoms. The van der Waals surface area contributed by atoms with Crippen LogP contribution in [0.2, 0.25) is 0 Å². The molecule has 11 heavy (non-hydrogen) atoms. The van der Waals surface area contributed by atoms with Gasteiger partial charge < -0.3 is 10.0 Å². The van der Waals surface area contributed by atoms with Crippen LogP contribution in [0.25, 0.3) is 0 Å². The molecule has 0 saturated carbocycles. The SMILES string of the molecule is CN(C)CCCCCCO.[NaH]. The van der Waals surface area contributed by atoms with Crippen molar-refractivity contribution in [2.24, 2.45) is 0 Å². The van der Waals surface area contributed by atoms with Crippen molar-refractivity contribution in [1.29, 1.82) is 0 Å². The number of aliphatic hydroxyl groups excluding tert-OH is 1. The Morgan fingerprint density at radius 2 is 1.55 bits per heavy atom. The average Bonchev–Trinajstić information content (AvgIpc) is 1.87. The van der Waals surface area contributed by atoms with Crippen LogP contribution in [-0.2, 0) is 0 Å². The van der Waals surface area contributed by atoms with Crippen molar-refractivity contribution in [3.05, 3.63) is 0 Å². The summed E-state index contributed by atoms with van der Waals surface area (Å²) in [5.41, 5.74) is 0. The molecule has 64 valence electrons. The predicted molar refractivity (Wildman–Crippen MR) is 51.3 cm³/mol. The zero-order valence-corrected chi connectivity index (χ0v) is 7.14. The fourth-order valence-electron chi connectivity index (χ4n) is 0.893. The molecule has 0 amide bonds. The summed E-state index contributed by atoms with van der Waals surface area (Å²) in [5, 5.41) is 8.46. The van der Waals surface area contributed by atoms with Crippen LogP contribution in [0.15, 0.2) is 0 Å². The number of hydrogen-bond acceptors (Lipinski definition) is 2. The standard InChI is InChI=1S/C8H19NO.Na.H/c1-9(2)7-5-3-4-6-8-10;;/h10H,3-8H2,1-2H3;;. The first-order chi connectivity index (χ1) is 4.77. The maximum absolute atomic E-state index is 8.46. The van der Waals surface area contributed by atoms with Gasteiger partial charge in [0.25, 0.3) is 0 Å². The molecular formula is C8H20NNaO. The second-order valence-electron chi connectivity index (χ2n) is 2.94. The number of rotatable bonds is 6. The summed E-state index contributed by atoms with van der Waals surface area (Å²) in [5.74, 6) is 0. The second kappa shape index (κ2) is 10.9. The molecule has 0 aliphatic carbocycles. The molecule has 0 aromatic rings. The van der Waals surface area contributed by atoms with Crippen molar-refractivity contribution in [2.45, 2.75) is 25.7 Å². The van der Waals surface area contributed by atoms with E-state index in [1.165, 1.54) is 25.8 Å². The molecule has 0 fully saturated rings. The molecule has 0 rings (SSSR count). The third-order valence-electron chi connectivity index (χ3n) is 1.51. The number of unbranched alkanes of at least 4 members (excludes halogenated alkanes) is 3. The average molecular weight is 169 g/mol. The Kier molecular flexibility index (Phi) is 14.3. The van der Waals surface area contributed by atoms with E-state index >= 15 is 0 Å². The van der Waals surface area contributed by atoms with Crippen LogP contribution >= 0.6 is 0 Å². The fourth-order valence-corrected chi connectivity index (χ4v) is 0.893. The minimum absolute atomic E-state index is 0. The van der Waals surface area contributed by atoms with E-state index in [-0.39, 0.29) is 29.6 Å². The van der Waals surface area contributed by atoms with E-state index in [0.717, 1.165) is 6.42 Å². The van der Waals surface area contributed by atoms with Gasteiger partial charge in [0.05, 0.1) is 0 Å². The minimum atomic E-state index is 0. The first-order valence-corrected chi connectivity index (χ1v) is 4.03. The molecule has 0 aliphatic heterocycles. The zero-order valence-electron chi connectivity index (χ0n) is 7.14. The van der Waals surface area contributed by atoms with E-state index in [1.54, 1.807) is 0 Å². The Bertz CT molecular complexity index is 69.1. The van der Waals surface area contributed by atoms with Crippen LogP contribution < -0.4 is 0 Å². The molecule has 2 nitrogen and oxygen atoms in total. The summed E-state index contributed by atoms with van der Waals surface area (Å²) >= 11 is 0. The van der Waals surface area contributed by atoms with Crippen molar-refractivity contribution in [1.82, 2.24) is 4.90 Å². The van der Waals surface area contributed by atoms with E-state index in [2.05, 4.69) is 19.0 Å². The Hall–Kier alpha value is 0.920. The normalized spacial score (nSPS) is 9.82. The number of hydrogen-bond donors (Lipinski definition) is 1. The first-order valence-electron chi connectivity index (χ1n) is 4.03. The van der Waals surface area contributed by atoms with Crippen molar-refractivity contribution >= 4 is 29.6 Å². The number of aliphatic hydroxyl groups is 1. The monoisotopic (exact) mass is 169 g/mol. The van der Waals surface area contributed by atoms with E-state index in [4.69, 9.17) is 5.11 Å². The van der Waals surface area contributed by atoms with E-state index in [0.29, 0.717) is 6.61 Å². The maximum atomic E-state index is 8.46. The molecule has 0 heterocycles. The molecule has 3 heteroatoms. The fraction of sp³-hybridized carbons (Fsp3) is 1.00. The van der Waals surface area contributed by atoms with E-state index in [9.17, 15) is 0 Å². The Balaban J connectivity index is 0. The van der Waals surface area contributed by atoms with Gasteiger partial charge in [-0.15, -0.1) is 0 Å². The van der Waals surface area contributed by atoms with Gasteiger partial charge in [-0.2, -0.15) is 0 Å². The van der Waals surface area contributed by atoms with Gasteiger partial charge in [0.2, 0.25) is 0 Å². The van der Waals surface area contributed by atoms with Gasteiger partial charge in [0, 0.05) is 6.61 Å². The molecule has 0 radical (unpaired) electrons. The topological polar surface area (TPSA) is 23.5 Å². The molecule has 0 atom stereocenters. The summed E-state index contributed by atoms with van der Waals surface area (Å²) in [6, 6.07) is 0. The van der Waals surface area contributed by atoms with Crippen molar-refractivity contribution in [3.8, 4) is 0 Å². The van der Waals surface area contributed by atoms with Gasteiger partial charge in [0.15, 0.2) is 0 Å². The van der Waals surface area contributed by atoms with Crippen molar-refractivity contribution < 1.29 is 5.11 Å². The summed E-state index contributed by atoms with van der Waals surface area (Å²) in [6.45, 7) is 1.52. The van der Waals surface area contributed by atoms with Gasteiger partial charge in [-0.1, -0.05) is 12.8 Å². The van der Waals surface area contributed by atoms with Gasteiger partial charge in [-0.25, -0.2) is 0 Å². The molecule has 0 bridgehead atoms. The molecule has 0 unspecified atom stereocenters. The van der Waals surface area contributed by atoms with Gasteiger partial charge >= 0.3 is 29.6 Å². The first kappa shape index (κ1) is 14.4. The Morgan fingerprint density at radius 1 is 1.00 bits per heavy atom. The summed E-state index contributed by atoms with van der Waals surface area (Å²) in [7, 11) is 4.18. The second-order valence-corrected chi connectivity index (χ2v) is 2.94. The zero-order chi connectivity index (χ0) is 7.82. The summed E-state index contributed by atoms with van der Waals surface area (Å²) < 4.78 is 0. The molecule has 0 aromatic carbocycles. The van der Waals surface area contributed by atoms with E-state index in [1.807, 2.05) is 0 Å².